The van der Waals surface area contributed by atoms with Gasteiger partial charge in [-0.15, -0.1) is 46.4 Å². The van der Waals surface area contributed by atoms with E-state index in [0.717, 1.165) is 0 Å². The van der Waals surface area contributed by atoms with Crippen LogP contribution in [0.4, 0.5) is 0 Å². The lowest BCUT2D eigenvalue weighted by Crippen LogP contribution is -2.16. The van der Waals surface area contributed by atoms with Crippen molar-refractivity contribution in [3.05, 3.63) is 0 Å². The lowest BCUT2D eigenvalue weighted by atomic mass is 10.2. The van der Waals surface area contributed by atoms with Crippen molar-refractivity contribution in [2.24, 2.45) is 0 Å². The number of hydrogen-bond acceptors (Lipinski definition) is 1. The van der Waals surface area contributed by atoms with Crippen LogP contribution >= 0.6 is 46.4 Å². The quantitative estimate of drug-likeness (QED) is 0.553. The predicted molar refractivity (Wildman–Crippen MR) is 88.2 cm³/mol. The van der Waals surface area contributed by atoms with Crippen LogP contribution in [-0.2, 0) is 4.74 Å². The molecular formula is C14H26Cl4O. The largest absolute Gasteiger partial charge is 0.375 e. The first-order valence-corrected chi connectivity index (χ1v) is 9.09. The normalized spacial score (nSPS) is 19.9. The van der Waals surface area contributed by atoms with Crippen LogP contribution in [0, 0.1) is 0 Å². The van der Waals surface area contributed by atoms with Crippen LogP contribution in [0.15, 0.2) is 0 Å². The first-order valence-electron chi connectivity index (χ1n) is 7.15. The molecule has 2 saturated carbocycles. The summed E-state index contributed by atoms with van der Waals surface area (Å²) in [7, 11) is 0. The van der Waals surface area contributed by atoms with Gasteiger partial charge in [0.25, 0.3) is 0 Å². The van der Waals surface area contributed by atoms with E-state index in [1.54, 1.807) is 6.92 Å². The molecule has 0 unspecified atom stereocenters. The van der Waals surface area contributed by atoms with Gasteiger partial charge >= 0.3 is 0 Å². The van der Waals surface area contributed by atoms with Gasteiger partial charge in [0.2, 0.25) is 0 Å². The maximum atomic E-state index is 5.97. The molecule has 5 heteroatoms. The molecule has 0 radical (unpaired) electrons. The molecule has 2 aliphatic rings. The van der Waals surface area contributed by atoms with Crippen LogP contribution in [0.3, 0.4) is 0 Å². The zero-order valence-corrected chi connectivity index (χ0v) is 14.7. The summed E-state index contributed by atoms with van der Waals surface area (Å²) < 4.78 is 5.97. The molecule has 116 valence electrons. The van der Waals surface area contributed by atoms with Crippen molar-refractivity contribution < 1.29 is 4.74 Å². The number of rotatable bonds is 3. The van der Waals surface area contributed by atoms with Gasteiger partial charge in [-0.3, -0.25) is 0 Å². The zero-order valence-electron chi connectivity index (χ0n) is 11.7. The molecule has 2 fully saturated rings. The highest BCUT2D eigenvalue weighted by Gasteiger charge is 2.22. The van der Waals surface area contributed by atoms with Crippen molar-refractivity contribution in [3.8, 4) is 0 Å². The van der Waals surface area contributed by atoms with E-state index in [1.165, 1.54) is 51.4 Å². The second-order valence-corrected chi connectivity index (χ2v) is 7.13. The minimum absolute atomic E-state index is 0.222. The summed E-state index contributed by atoms with van der Waals surface area (Å²) in [6.45, 7) is 1.70. The van der Waals surface area contributed by atoms with Gasteiger partial charge < -0.3 is 4.74 Å². The Morgan fingerprint density at radius 1 is 0.842 bits per heavy atom. The summed E-state index contributed by atoms with van der Waals surface area (Å²) >= 11 is 20.2. The molecule has 0 aromatic rings. The summed E-state index contributed by atoms with van der Waals surface area (Å²) in [4.78, 5) is -0.222. The van der Waals surface area contributed by atoms with Gasteiger partial charge in [-0.05, 0) is 32.6 Å². The number of ether oxygens (including phenoxy) is 1. The van der Waals surface area contributed by atoms with E-state index in [1.807, 2.05) is 0 Å². The molecule has 19 heavy (non-hydrogen) atoms. The Labute approximate surface area is 138 Å². The summed E-state index contributed by atoms with van der Waals surface area (Å²) in [5.74, 6) is 1.11. The van der Waals surface area contributed by atoms with Gasteiger partial charge in [0.1, 0.15) is 4.84 Å². The smallest absolute Gasteiger partial charge is 0.105 e. The van der Waals surface area contributed by atoms with Gasteiger partial charge in [0.05, 0.1) is 12.2 Å². The third-order valence-electron chi connectivity index (χ3n) is 3.06. The van der Waals surface area contributed by atoms with Gasteiger partial charge in [0.15, 0.2) is 0 Å². The Morgan fingerprint density at radius 3 is 1.32 bits per heavy atom. The molecule has 0 aromatic heterocycles. The molecule has 0 heterocycles. The van der Waals surface area contributed by atoms with Crippen LogP contribution in [0.5, 0.6) is 0 Å². The molecule has 0 bridgehead atoms. The number of alkyl halides is 4. The van der Waals surface area contributed by atoms with Crippen molar-refractivity contribution in [1.29, 1.82) is 0 Å². The van der Waals surface area contributed by atoms with Crippen molar-refractivity contribution in [1.82, 2.24) is 0 Å². The molecule has 0 amide bonds. The second-order valence-electron chi connectivity index (χ2n) is 4.85. The average molecular weight is 352 g/mol. The summed E-state index contributed by atoms with van der Waals surface area (Å²) in [5, 5.41) is 0. The topological polar surface area (TPSA) is 9.23 Å². The van der Waals surface area contributed by atoms with E-state index in [0.29, 0.717) is 24.0 Å². The highest BCUT2D eigenvalue weighted by molar-refractivity contribution is 6.43. The Kier molecular flexibility index (Phi) is 14.9. The first-order chi connectivity index (χ1) is 9.10. The fourth-order valence-corrected chi connectivity index (χ4v) is 2.32. The van der Waals surface area contributed by atoms with Gasteiger partial charge in [-0.25, -0.2) is 0 Å². The minimum Gasteiger partial charge on any atom is -0.375 e. The van der Waals surface area contributed by atoms with Crippen LogP contribution in [-0.4, -0.2) is 28.8 Å². The fraction of sp³-hybridized carbons (Fsp3) is 1.00. The number of halogens is 4. The molecule has 0 spiro atoms. The van der Waals surface area contributed by atoms with E-state index in [-0.39, 0.29) is 4.84 Å². The van der Waals surface area contributed by atoms with E-state index in [9.17, 15) is 0 Å². The van der Waals surface area contributed by atoms with Crippen LogP contribution in [0.25, 0.3) is 0 Å². The highest BCUT2D eigenvalue weighted by Crippen LogP contribution is 2.28. The van der Waals surface area contributed by atoms with E-state index in [2.05, 4.69) is 0 Å². The van der Waals surface area contributed by atoms with Crippen molar-refractivity contribution in [2.75, 3.05) is 11.8 Å². The summed E-state index contributed by atoms with van der Waals surface area (Å²) in [6, 6.07) is 0. The Hall–Kier alpha value is 1.12. The maximum Gasteiger partial charge on any atom is 0.105 e. The minimum atomic E-state index is -0.222. The maximum absolute atomic E-state index is 5.97. The summed E-state index contributed by atoms with van der Waals surface area (Å²) in [6.07, 6.45) is 12.2. The molecule has 0 atom stereocenters. The third-order valence-corrected chi connectivity index (χ3v) is 3.63. The molecule has 0 N–H and O–H groups in total. The standard InChI is InChI=1S/C10H18O.2C2H4Cl2/c1-2-6-9(5-1)11-10-7-3-4-8-10;1-2(3)4;3-1-2-4/h9-10H,1-8H2;2H,1H3;1-2H2. The van der Waals surface area contributed by atoms with Gasteiger partial charge in [0, 0.05) is 11.8 Å². The van der Waals surface area contributed by atoms with Crippen molar-refractivity contribution in [3.63, 3.8) is 0 Å². The predicted octanol–water partition coefficient (Wildman–Crippen LogP) is 6.16. The SMILES string of the molecule is C1CCC(OC2CCCC2)C1.CC(Cl)Cl.ClCCCl. The average Bonchev–Trinajstić information content (AvgIpc) is 3.03. The van der Waals surface area contributed by atoms with E-state index in [4.69, 9.17) is 51.1 Å². The Bertz CT molecular complexity index is 160. The molecule has 2 aliphatic carbocycles. The van der Waals surface area contributed by atoms with E-state index < -0.39 is 0 Å². The van der Waals surface area contributed by atoms with Crippen LogP contribution in [0.2, 0.25) is 0 Å². The van der Waals surface area contributed by atoms with Gasteiger partial charge in [-0.2, -0.15) is 0 Å². The summed E-state index contributed by atoms with van der Waals surface area (Å²) in [5.41, 5.74) is 0. The second kappa shape index (κ2) is 14.1. The van der Waals surface area contributed by atoms with Crippen molar-refractivity contribution >= 4 is 46.4 Å². The van der Waals surface area contributed by atoms with Crippen LogP contribution < -0.4 is 0 Å². The monoisotopic (exact) mass is 350 g/mol. The van der Waals surface area contributed by atoms with Gasteiger partial charge in [-0.1, -0.05) is 25.7 Å². The highest BCUT2D eigenvalue weighted by atomic mass is 35.5. The molecule has 1 nitrogen and oxygen atoms in total. The molecule has 0 saturated heterocycles. The lowest BCUT2D eigenvalue weighted by molar-refractivity contribution is -0.00353. The fourth-order valence-electron chi connectivity index (χ4n) is 2.32. The zero-order chi connectivity index (χ0) is 14.5. The number of hydrogen-bond donors (Lipinski definition) is 0. The molecule has 0 aromatic carbocycles. The lowest BCUT2D eigenvalue weighted by Gasteiger charge is -2.16. The molecule has 0 aliphatic heterocycles. The molecule has 2 rings (SSSR count). The molecular weight excluding hydrogens is 326 g/mol. The Morgan fingerprint density at radius 2 is 1.11 bits per heavy atom. The third kappa shape index (κ3) is 13.8. The first kappa shape index (κ1) is 20.1. The Balaban J connectivity index is 0.000000342. The van der Waals surface area contributed by atoms with E-state index >= 15 is 0 Å². The van der Waals surface area contributed by atoms with Crippen molar-refractivity contribution in [2.45, 2.75) is 75.3 Å². The van der Waals surface area contributed by atoms with Crippen LogP contribution in [0.1, 0.15) is 58.3 Å².